The van der Waals surface area contributed by atoms with E-state index in [1.165, 1.54) is 12.1 Å². The summed E-state index contributed by atoms with van der Waals surface area (Å²) in [5, 5.41) is 6.46. The highest BCUT2D eigenvalue weighted by atomic mass is 127. The Morgan fingerprint density at radius 1 is 1.21 bits per heavy atom. The van der Waals surface area contributed by atoms with Gasteiger partial charge >= 0.3 is 0 Å². The first-order chi connectivity index (χ1) is 11.1. The van der Waals surface area contributed by atoms with E-state index in [4.69, 9.17) is 0 Å². The van der Waals surface area contributed by atoms with Crippen LogP contribution in [0.15, 0.2) is 41.7 Å². The third kappa shape index (κ3) is 6.46. The summed E-state index contributed by atoms with van der Waals surface area (Å²) in [4.78, 5) is 8.57. The lowest BCUT2D eigenvalue weighted by atomic mass is 10.2. The van der Waals surface area contributed by atoms with E-state index in [2.05, 4.69) is 39.0 Å². The topological polar surface area (TPSA) is 54.2 Å². The number of nitrogens with one attached hydrogen (secondary N) is 2. The van der Waals surface area contributed by atoms with Crippen molar-refractivity contribution in [1.29, 1.82) is 0 Å². The first-order valence-electron chi connectivity index (χ1n) is 7.77. The summed E-state index contributed by atoms with van der Waals surface area (Å²) in [6, 6.07) is 6.42. The van der Waals surface area contributed by atoms with Crippen LogP contribution in [0.1, 0.15) is 25.2 Å². The normalized spacial score (nSPS) is 11.3. The highest BCUT2D eigenvalue weighted by Gasteiger charge is 2.06. The van der Waals surface area contributed by atoms with Crippen molar-refractivity contribution in [2.75, 3.05) is 7.05 Å². The van der Waals surface area contributed by atoms with Crippen molar-refractivity contribution in [2.45, 2.75) is 33.5 Å². The maximum atomic E-state index is 12.9. The van der Waals surface area contributed by atoms with Gasteiger partial charge in [-0.25, -0.2) is 9.37 Å². The summed E-state index contributed by atoms with van der Waals surface area (Å²) in [6.45, 7) is 6.49. The lowest BCUT2D eigenvalue weighted by Crippen LogP contribution is -2.37. The zero-order valence-corrected chi connectivity index (χ0v) is 16.6. The number of hydrogen-bond acceptors (Lipinski definition) is 2. The monoisotopic (exact) mass is 445 g/mol. The van der Waals surface area contributed by atoms with Crippen LogP contribution in [0, 0.1) is 11.7 Å². The van der Waals surface area contributed by atoms with Crippen molar-refractivity contribution in [3.8, 4) is 0 Å². The average molecular weight is 445 g/mol. The summed E-state index contributed by atoms with van der Waals surface area (Å²) in [5.41, 5.74) is 0.996. The van der Waals surface area contributed by atoms with Crippen LogP contribution in [0.2, 0.25) is 0 Å². The number of hydrogen-bond donors (Lipinski definition) is 2. The largest absolute Gasteiger partial charge is 0.352 e. The Morgan fingerprint density at radius 3 is 2.50 bits per heavy atom. The molecule has 5 nitrogen and oxygen atoms in total. The van der Waals surface area contributed by atoms with E-state index in [9.17, 15) is 4.39 Å². The number of aliphatic imine (C=N–C) groups is 1. The van der Waals surface area contributed by atoms with Crippen molar-refractivity contribution in [3.05, 3.63) is 53.9 Å². The molecule has 1 aromatic carbocycles. The molecule has 0 unspecified atom stereocenters. The van der Waals surface area contributed by atoms with Crippen LogP contribution in [-0.2, 0) is 19.6 Å². The van der Waals surface area contributed by atoms with Crippen LogP contribution in [0.5, 0.6) is 0 Å². The van der Waals surface area contributed by atoms with Gasteiger partial charge in [0, 0.05) is 32.5 Å². The number of benzene rings is 1. The molecule has 0 saturated carbocycles. The molecule has 0 aliphatic rings. The summed E-state index contributed by atoms with van der Waals surface area (Å²) in [7, 11) is 1.72. The van der Waals surface area contributed by atoms with E-state index in [-0.39, 0.29) is 29.8 Å². The number of aromatic nitrogens is 2. The van der Waals surface area contributed by atoms with Crippen molar-refractivity contribution in [3.63, 3.8) is 0 Å². The molecule has 7 heteroatoms. The molecule has 0 fully saturated rings. The quantitative estimate of drug-likeness (QED) is 0.408. The minimum atomic E-state index is -0.228. The van der Waals surface area contributed by atoms with Crippen molar-refractivity contribution >= 4 is 29.9 Å². The fourth-order valence-electron chi connectivity index (χ4n) is 2.24. The SMILES string of the molecule is CN=C(NCc1ccc(F)cc1)NCc1nccn1CC(C)C.I. The molecule has 2 aromatic rings. The van der Waals surface area contributed by atoms with Gasteiger partial charge in [0.05, 0.1) is 6.54 Å². The Kier molecular flexibility index (Phi) is 8.73. The van der Waals surface area contributed by atoms with Gasteiger partial charge in [0.25, 0.3) is 0 Å². The molecule has 0 amide bonds. The van der Waals surface area contributed by atoms with E-state index in [1.807, 2.05) is 12.4 Å². The van der Waals surface area contributed by atoms with Gasteiger partial charge in [-0.1, -0.05) is 26.0 Å². The van der Waals surface area contributed by atoms with Gasteiger partial charge in [-0.2, -0.15) is 0 Å². The minimum absolute atomic E-state index is 0. The number of rotatable bonds is 6. The second-order valence-electron chi connectivity index (χ2n) is 5.80. The molecule has 2 rings (SSSR count). The molecular formula is C17H25FIN5. The van der Waals surface area contributed by atoms with Crippen LogP contribution in [0.25, 0.3) is 0 Å². The van der Waals surface area contributed by atoms with Crippen LogP contribution >= 0.6 is 24.0 Å². The first kappa shape index (κ1) is 20.4. The van der Waals surface area contributed by atoms with Gasteiger partial charge in [0.15, 0.2) is 5.96 Å². The Labute approximate surface area is 159 Å². The highest BCUT2D eigenvalue weighted by molar-refractivity contribution is 14.0. The summed E-state index contributed by atoms with van der Waals surface area (Å²) < 4.78 is 15.0. The van der Waals surface area contributed by atoms with Crippen LogP contribution in [-0.4, -0.2) is 22.6 Å². The van der Waals surface area contributed by atoms with Gasteiger partial charge < -0.3 is 15.2 Å². The van der Waals surface area contributed by atoms with Crippen molar-refractivity contribution in [2.24, 2.45) is 10.9 Å². The zero-order valence-electron chi connectivity index (χ0n) is 14.3. The van der Waals surface area contributed by atoms with Crippen molar-refractivity contribution in [1.82, 2.24) is 20.2 Å². The predicted molar refractivity (Wildman–Crippen MR) is 106 cm³/mol. The molecule has 0 spiro atoms. The standard InChI is InChI=1S/C17H24FN5.HI/c1-13(2)12-23-9-8-20-16(23)11-22-17(19-3)21-10-14-4-6-15(18)7-5-14;/h4-9,13H,10-12H2,1-3H3,(H2,19,21,22);1H. The number of nitrogens with zero attached hydrogens (tertiary/aromatic N) is 3. The average Bonchev–Trinajstić information content (AvgIpc) is 2.95. The Bertz CT molecular complexity index is 637. The molecule has 0 bridgehead atoms. The van der Waals surface area contributed by atoms with Crippen molar-refractivity contribution < 1.29 is 4.39 Å². The molecule has 132 valence electrons. The molecule has 0 aliphatic heterocycles. The highest BCUT2D eigenvalue weighted by Crippen LogP contribution is 2.04. The van der Waals surface area contributed by atoms with E-state index < -0.39 is 0 Å². The van der Waals surface area contributed by atoms with Gasteiger partial charge in [-0.05, 0) is 23.6 Å². The summed E-state index contributed by atoms with van der Waals surface area (Å²) >= 11 is 0. The van der Waals surface area contributed by atoms with E-state index >= 15 is 0 Å². The number of halogens is 2. The minimum Gasteiger partial charge on any atom is -0.352 e. The second-order valence-corrected chi connectivity index (χ2v) is 5.80. The van der Waals surface area contributed by atoms with Gasteiger partial charge in [-0.3, -0.25) is 4.99 Å². The lowest BCUT2D eigenvalue weighted by molar-refractivity contribution is 0.503. The molecular weight excluding hydrogens is 420 g/mol. The molecule has 0 radical (unpaired) electrons. The summed E-state index contributed by atoms with van der Waals surface area (Å²) in [6.07, 6.45) is 3.81. The molecule has 0 atom stereocenters. The van der Waals surface area contributed by atoms with E-state index in [0.717, 1.165) is 17.9 Å². The van der Waals surface area contributed by atoms with E-state index in [0.29, 0.717) is 25.0 Å². The predicted octanol–water partition coefficient (Wildman–Crippen LogP) is 3.16. The third-order valence-electron chi connectivity index (χ3n) is 3.37. The number of imidazole rings is 1. The molecule has 2 N–H and O–H groups in total. The molecule has 1 heterocycles. The van der Waals surface area contributed by atoms with Crippen LogP contribution in [0.4, 0.5) is 4.39 Å². The lowest BCUT2D eigenvalue weighted by Gasteiger charge is -2.14. The fourth-order valence-corrected chi connectivity index (χ4v) is 2.24. The summed E-state index contributed by atoms with van der Waals surface area (Å²) in [5.74, 6) is 2.00. The fraction of sp³-hybridized carbons (Fsp3) is 0.412. The van der Waals surface area contributed by atoms with Gasteiger partial charge in [0.1, 0.15) is 11.6 Å². The van der Waals surface area contributed by atoms with Crippen LogP contribution in [0.3, 0.4) is 0 Å². The second kappa shape index (κ2) is 10.3. The van der Waals surface area contributed by atoms with E-state index in [1.54, 1.807) is 19.2 Å². The smallest absolute Gasteiger partial charge is 0.191 e. The zero-order chi connectivity index (χ0) is 16.7. The Hall–Kier alpha value is -1.64. The number of guanidine groups is 1. The molecule has 24 heavy (non-hydrogen) atoms. The molecule has 0 aliphatic carbocycles. The van der Waals surface area contributed by atoms with Crippen LogP contribution < -0.4 is 10.6 Å². The third-order valence-corrected chi connectivity index (χ3v) is 3.37. The van der Waals surface area contributed by atoms with Gasteiger partial charge in [-0.15, -0.1) is 24.0 Å². The first-order valence-corrected chi connectivity index (χ1v) is 7.77. The Morgan fingerprint density at radius 2 is 1.88 bits per heavy atom. The molecule has 1 aromatic heterocycles. The Balaban J connectivity index is 0.00000288. The van der Waals surface area contributed by atoms with Gasteiger partial charge in [0.2, 0.25) is 0 Å². The maximum Gasteiger partial charge on any atom is 0.191 e. The maximum absolute atomic E-state index is 12.9. The molecule has 0 saturated heterocycles.